The molecule has 5 heterocycles. The molecule has 0 bridgehead atoms. The number of nitrogens with zero attached hydrogens (tertiary/aromatic N) is 5. The van der Waals surface area contributed by atoms with E-state index in [0.29, 0.717) is 0 Å². The maximum absolute atomic E-state index is 5.22. The van der Waals surface area contributed by atoms with Crippen LogP contribution in [0.15, 0.2) is 128 Å². The van der Waals surface area contributed by atoms with Gasteiger partial charge in [0.2, 0.25) is 0 Å². The molecule has 0 fully saturated rings. The highest BCUT2D eigenvalue weighted by atomic mass is 15.1. The molecule has 186 valence electrons. The topological polar surface area (TPSA) is 48.0 Å². The van der Waals surface area contributed by atoms with Crippen LogP contribution in [0.1, 0.15) is 0 Å². The Balaban J connectivity index is 1.43. The van der Waals surface area contributed by atoms with Crippen molar-refractivity contribution in [1.29, 1.82) is 0 Å². The van der Waals surface area contributed by atoms with Gasteiger partial charge in [0, 0.05) is 39.5 Å². The van der Waals surface area contributed by atoms with Crippen molar-refractivity contribution in [3.8, 4) is 17.1 Å². The first-order valence-electron chi connectivity index (χ1n) is 13.4. The fourth-order valence-corrected chi connectivity index (χ4v) is 6.25. The van der Waals surface area contributed by atoms with Crippen LogP contribution < -0.4 is 0 Å². The first-order valence-corrected chi connectivity index (χ1v) is 13.4. The summed E-state index contributed by atoms with van der Waals surface area (Å²) in [4.78, 5) is 14.5. The fourth-order valence-electron chi connectivity index (χ4n) is 6.25. The van der Waals surface area contributed by atoms with Crippen LogP contribution in [0.3, 0.4) is 0 Å². The second-order valence-electron chi connectivity index (χ2n) is 10.2. The smallest absolute Gasteiger partial charge is 0.146 e. The lowest BCUT2D eigenvalue weighted by molar-refractivity contribution is 1.08. The van der Waals surface area contributed by atoms with Crippen LogP contribution in [0.2, 0.25) is 0 Å². The number of aromatic nitrogens is 5. The normalized spacial score (nSPS) is 12.0. The van der Waals surface area contributed by atoms with Gasteiger partial charge in [-0.05, 0) is 53.9 Å². The van der Waals surface area contributed by atoms with Crippen molar-refractivity contribution in [2.45, 2.75) is 0 Å². The standard InChI is InChI=1S/C35H21N5/c1-2-11-26-23(8-1)24-9-3-6-14-31(24)40-33-21-32-27(20-29(33)38-35(26)40)25-10-4-5-13-30(25)39(32)34-15-7-12-28(37-34)22-16-18-36-19-17-22/h1-21H. The summed E-state index contributed by atoms with van der Waals surface area (Å²) < 4.78 is 4.59. The van der Waals surface area contributed by atoms with E-state index in [-0.39, 0.29) is 0 Å². The van der Waals surface area contributed by atoms with Gasteiger partial charge in [-0.1, -0.05) is 66.7 Å². The van der Waals surface area contributed by atoms with E-state index in [2.05, 4.69) is 111 Å². The van der Waals surface area contributed by atoms with Crippen LogP contribution >= 0.6 is 0 Å². The molecule has 4 aromatic carbocycles. The van der Waals surface area contributed by atoms with E-state index in [1.165, 1.54) is 16.2 Å². The zero-order valence-corrected chi connectivity index (χ0v) is 21.4. The summed E-state index contributed by atoms with van der Waals surface area (Å²) in [5.41, 5.74) is 8.37. The summed E-state index contributed by atoms with van der Waals surface area (Å²) in [6.07, 6.45) is 3.61. The van der Waals surface area contributed by atoms with Gasteiger partial charge in [0.05, 0.1) is 33.3 Å². The number of fused-ring (bicyclic) bond motifs is 11. The second kappa shape index (κ2) is 7.98. The van der Waals surface area contributed by atoms with Crippen molar-refractivity contribution in [1.82, 2.24) is 23.9 Å². The molecule has 0 saturated heterocycles. The van der Waals surface area contributed by atoms with Gasteiger partial charge in [0.1, 0.15) is 11.5 Å². The summed E-state index contributed by atoms with van der Waals surface area (Å²) >= 11 is 0. The van der Waals surface area contributed by atoms with Crippen LogP contribution in [0.25, 0.3) is 77.2 Å². The van der Waals surface area contributed by atoms with Gasteiger partial charge in [-0.25, -0.2) is 9.97 Å². The minimum absolute atomic E-state index is 0.879. The molecule has 5 nitrogen and oxygen atoms in total. The highest BCUT2D eigenvalue weighted by Gasteiger charge is 2.18. The lowest BCUT2D eigenvalue weighted by atomic mass is 10.1. The maximum Gasteiger partial charge on any atom is 0.146 e. The number of pyridine rings is 3. The number of rotatable bonds is 2. The second-order valence-corrected chi connectivity index (χ2v) is 10.2. The van der Waals surface area contributed by atoms with Gasteiger partial charge in [-0.3, -0.25) is 14.0 Å². The van der Waals surface area contributed by atoms with E-state index in [1.807, 2.05) is 18.2 Å². The minimum Gasteiger partial charge on any atom is -0.294 e. The molecule has 9 aromatic rings. The van der Waals surface area contributed by atoms with E-state index in [0.717, 1.165) is 61.1 Å². The fraction of sp³-hybridized carbons (Fsp3) is 0. The molecule has 5 heteroatoms. The van der Waals surface area contributed by atoms with Crippen LogP contribution in [-0.4, -0.2) is 23.9 Å². The van der Waals surface area contributed by atoms with Gasteiger partial charge in [0.15, 0.2) is 0 Å². The molecule has 9 rings (SSSR count). The van der Waals surface area contributed by atoms with E-state index in [4.69, 9.17) is 9.97 Å². The molecular formula is C35H21N5. The molecule has 40 heavy (non-hydrogen) atoms. The highest BCUT2D eigenvalue weighted by molar-refractivity contribution is 6.17. The van der Waals surface area contributed by atoms with Gasteiger partial charge >= 0.3 is 0 Å². The lowest BCUT2D eigenvalue weighted by Crippen LogP contribution is -1.98. The first kappa shape index (κ1) is 21.4. The molecule has 0 aliphatic rings. The highest BCUT2D eigenvalue weighted by Crippen LogP contribution is 2.37. The molecule has 0 saturated carbocycles. The SMILES string of the molecule is c1cc(-c2ccncc2)nc(-n2c3ccccc3c3cc4nc5c6ccccc6c6ccccc6n5c4cc32)c1. The van der Waals surface area contributed by atoms with Crippen LogP contribution in [-0.2, 0) is 0 Å². The van der Waals surface area contributed by atoms with Crippen molar-refractivity contribution < 1.29 is 0 Å². The third-order valence-electron chi connectivity index (χ3n) is 7.99. The van der Waals surface area contributed by atoms with Crippen LogP contribution in [0.5, 0.6) is 0 Å². The first-order chi connectivity index (χ1) is 19.8. The number of para-hydroxylation sites is 2. The van der Waals surface area contributed by atoms with E-state index >= 15 is 0 Å². The van der Waals surface area contributed by atoms with Crippen molar-refractivity contribution >= 4 is 60.2 Å². The van der Waals surface area contributed by atoms with Crippen LogP contribution in [0, 0.1) is 0 Å². The Morgan fingerprint density at radius 1 is 0.475 bits per heavy atom. The Hall–Kier alpha value is -5.55. The average Bonchev–Trinajstić information content (AvgIpc) is 3.56. The molecule has 0 spiro atoms. The monoisotopic (exact) mass is 511 g/mol. The lowest BCUT2D eigenvalue weighted by Gasteiger charge is -2.10. The summed E-state index contributed by atoms with van der Waals surface area (Å²) in [5, 5.41) is 5.94. The van der Waals surface area contributed by atoms with E-state index in [9.17, 15) is 0 Å². The third kappa shape index (κ3) is 2.89. The van der Waals surface area contributed by atoms with Crippen molar-refractivity contribution in [3.05, 3.63) is 128 Å². The van der Waals surface area contributed by atoms with Gasteiger partial charge in [-0.15, -0.1) is 0 Å². The van der Waals surface area contributed by atoms with Gasteiger partial charge < -0.3 is 0 Å². The average molecular weight is 512 g/mol. The molecule has 0 radical (unpaired) electrons. The molecule has 0 unspecified atom stereocenters. The predicted octanol–water partition coefficient (Wildman–Crippen LogP) is 8.35. The Labute approximate surface area is 228 Å². The van der Waals surface area contributed by atoms with Crippen molar-refractivity contribution in [3.63, 3.8) is 0 Å². The van der Waals surface area contributed by atoms with E-state index in [1.54, 1.807) is 12.4 Å². The zero-order valence-electron chi connectivity index (χ0n) is 21.4. The van der Waals surface area contributed by atoms with Crippen molar-refractivity contribution in [2.24, 2.45) is 0 Å². The van der Waals surface area contributed by atoms with Crippen LogP contribution in [0.4, 0.5) is 0 Å². The molecule has 5 aromatic heterocycles. The van der Waals surface area contributed by atoms with Gasteiger partial charge in [0.25, 0.3) is 0 Å². The Morgan fingerprint density at radius 3 is 2.00 bits per heavy atom. The van der Waals surface area contributed by atoms with Gasteiger partial charge in [-0.2, -0.15) is 0 Å². The molecule has 0 N–H and O–H groups in total. The number of hydrogen-bond acceptors (Lipinski definition) is 3. The number of benzene rings is 4. The largest absolute Gasteiger partial charge is 0.294 e. The summed E-state index contributed by atoms with van der Waals surface area (Å²) in [6, 6.07) is 40.4. The Morgan fingerprint density at radius 2 is 1.18 bits per heavy atom. The zero-order chi connectivity index (χ0) is 26.2. The predicted molar refractivity (Wildman–Crippen MR) is 163 cm³/mol. The van der Waals surface area contributed by atoms with Crippen molar-refractivity contribution in [2.75, 3.05) is 0 Å². The molecule has 0 atom stereocenters. The third-order valence-corrected chi connectivity index (χ3v) is 7.99. The summed E-state index contributed by atoms with van der Waals surface area (Å²) in [5.74, 6) is 0.879. The quantitative estimate of drug-likeness (QED) is 0.219. The maximum atomic E-state index is 5.22. The molecular weight excluding hydrogens is 490 g/mol. The summed E-state index contributed by atoms with van der Waals surface area (Å²) in [7, 11) is 0. The Bertz CT molecular complexity index is 2430. The number of hydrogen-bond donors (Lipinski definition) is 0. The van der Waals surface area contributed by atoms with E-state index < -0.39 is 0 Å². The Kier molecular flexibility index (Phi) is 4.27. The summed E-state index contributed by atoms with van der Waals surface area (Å²) in [6.45, 7) is 0. The minimum atomic E-state index is 0.879. The number of imidazole rings is 1. The molecule has 0 aliphatic carbocycles. The molecule has 0 aliphatic heterocycles. The molecule has 0 amide bonds.